The van der Waals surface area contributed by atoms with Crippen molar-refractivity contribution in [1.29, 1.82) is 0 Å². The number of hydrogen-bond acceptors (Lipinski definition) is 3. The summed E-state index contributed by atoms with van der Waals surface area (Å²) < 4.78 is 0. The Labute approximate surface area is 157 Å². The first-order chi connectivity index (χ1) is 13.1. The zero-order chi connectivity index (χ0) is 19.2. The fourth-order valence-corrected chi connectivity index (χ4v) is 3.48. The van der Waals surface area contributed by atoms with Crippen LogP contribution in [-0.2, 0) is 9.59 Å². The summed E-state index contributed by atoms with van der Waals surface area (Å²) in [5.74, 6) is -2.88. The van der Waals surface area contributed by atoms with Crippen LogP contribution >= 0.6 is 0 Å². The number of anilines is 2. The summed E-state index contributed by atoms with van der Waals surface area (Å²) in [6, 6.07) is 15.8. The first-order valence-electron chi connectivity index (χ1n) is 9.05. The van der Waals surface area contributed by atoms with E-state index in [1.54, 1.807) is 36.4 Å². The zero-order valence-corrected chi connectivity index (χ0v) is 14.9. The van der Waals surface area contributed by atoms with Gasteiger partial charge in [0.15, 0.2) is 0 Å². The molecule has 0 aliphatic heterocycles. The van der Waals surface area contributed by atoms with Crippen molar-refractivity contribution in [2.24, 2.45) is 11.8 Å². The maximum absolute atomic E-state index is 12.7. The van der Waals surface area contributed by atoms with E-state index in [0.29, 0.717) is 29.8 Å². The van der Waals surface area contributed by atoms with Crippen LogP contribution in [0.5, 0.6) is 0 Å². The number of para-hydroxylation sites is 2. The number of nitrogens with one attached hydrogen (secondary N) is 2. The van der Waals surface area contributed by atoms with Gasteiger partial charge in [0.2, 0.25) is 5.91 Å². The molecule has 0 bridgehead atoms. The van der Waals surface area contributed by atoms with Crippen LogP contribution in [0.25, 0.3) is 0 Å². The number of carboxylic acids is 1. The van der Waals surface area contributed by atoms with E-state index < -0.39 is 17.8 Å². The molecule has 2 aromatic carbocycles. The Bertz CT molecular complexity index is 835. The summed E-state index contributed by atoms with van der Waals surface area (Å²) >= 11 is 0. The third-order valence-corrected chi connectivity index (χ3v) is 4.88. The topological polar surface area (TPSA) is 95.5 Å². The molecule has 2 aromatic rings. The van der Waals surface area contributed by atoms with Crippen molar-refractivity contribution < 1.29 is 19.5 Å². The van der Waals surface area contributed by atoms with Crippen molar-refractivity contribution in [3.8, 4) is 0 Å². The summed E-state index contributed by atoms with van der Waals surface area (Å²) in [5.41, 5.74) is 1.37. The van der Waals surface area contributed by atoms with Crippen LogP contribution < -0.4 is 10.6 Å². The number of rotatable bonds is 5. The average Bonchev–Trinajstić information content (AvgIpc) is 2.69. The van der Waals surface area contributed by atoms with E-state index in [9.17, 15) is 19.5 Å². The van der Waals surface area contributed by atoms with Crippen LogP contribution in [-0.4, -0.2) is 22.9 Å². The molecule has 3 N–H and O–H groups in total. The summed E-state index contributed by atoms with van der Waals surface area (Å²) in [4.78, 5) is 36.8. The smallest absolute Gasteiger partial charge is 0.307 e. The zero-order valence-electron chi connectivity index (χ0n) is 14.9. The van der Waals surface area contributed by atoms with Gasteiger partial charge in [0.25, 0.3) is 5.91 Å². The molecular formula is C21H22N2O4. The van der Waals surface area contributed by atoms with Gasteiger partial charge in [0.1, 0.15) is 0 Å². The molecule has 27 heavy (non-hydrogen) atoms. The first-order valence-corrected chi connectivity index (χ1v) is 9.05. The molecular weight excluding hydrogens is 344 g/mol. The molecule has 2 atom stereocenters. The van der Waals surface area contributed by atoms with Crippen molar-refractivity contribution >= 4 is 29.2 Å². The van der Waals surface area contributed by atoms with Gasteiger partial charge in [0.05, 0.1) is 23.1 Å². The molecule has 0 radical (unpaired) electrons. The van der Waals surface area contributed by atoms with Crippen molar-refractivity contribution in [3.05, 3.63) is 60.2 Å². The van der Waals surface area contributed by atoms with Gasteiger partial charge in [-0.25, -0.2) is 0 Å². The minimum absolute atomic E-state index is 0.331. The van der Waals surface area contributed by atoms with Crippen molar-refractivity contribution in [2.75, 3.05) is 10.6 Å². The lowest BCUT2D eigenvalue weighted by molar-refractivity contribution is -0.147. The Kier molecular flexibility index (Phi) is 5.86. The van der Waals surface area contributed by atoms with E-state index in [1.165, 1.54) is 0 Å². The van der Waals surface area contributed by atoms with Crippen molar-refractivity contribution in [1.82, 2.24) is 0 Å². The highest BCUT2D eigenvalue weighted by Crippen LogP contribution is 2.31. The van der Waals surface area contributed by atoms with E-state index in [4.69, 9.17) is 0 Å². The summed E-state index contributed by atoms with van der Waals surface area (Å²) in [5, 5.41) is 14.9. The summed E-state index contributed by atoms with van der Waals surface area (Å²) in [7, 11) is 0. The number of carbonyl (C=O) groups is 3. The molecule has 2 amide bonds. The Morgan fingerprint density at radius 1 is 0.815 bits per heavy atom. The molecule has 3 rings (SSSR count). The fraction of sp³-hybridized carbons (Fsp3) is 0.286. The number of carbonyl (C=O) groups excluding carboxylic acids is 2. The number of aliphatic carboxylic acids is 1. The predicted molar refractivity (Wildman–Crippen MR) is 103 cm³/mol. The minimum atomic E-state index is -0.940. The minimum Gasteiger partial charge on any atom is -0.481 e. The normalized spacial score (nSPS) is 19.1. The van der Waals surface area contributed by atoms with E-state index in [2.05, 4.69) is 10.6 Å². The van der Waals surface area contributed by atoms with Crippen molar-refractivity contribution in [2.45, 2.75) is 25.7 Å². The summed E-state index contributed by atoms with van der Waals surface area (Å²) in [6.45, 7) is 0. The van der Waals surface area contributed by atoms with Crippen LogP contribution in [0.2, 0.25) is 0 Å². The number of benzene rings is 2. The van der Waals surface area contributed by atoms with Gasteiger partial charge in [-0.3, -0.25) is 14.4 Å². The SMILES string of the molecule is O=C(Nc1ccccc1)c1ccccc1NC(=O)C1CCCC[C@@H]1C(=O)O. The lowest BCUT2D eigenvalue weighted by Gasteiger charge is -2.27. The molecule has 1 fully saturated rings. The molecule has 1 unspecified atom stereocenters. The van der Waals surface area contributed by atoms with E-state index in [1.807, 2.05) is 18.2 Å². The number of hydrogen-bond donors (Lipinski definition) is 3. The Morgan fingerprint density at radius 2 is 1.44 bits per heavy atom. The second kappa shape index (κ2) is 8.49. The molecule has 6 heteroatoms. The lowest BCUT2D eigenvalue weighted by Crippen LogP contribution is -2.36. The Morgan fingerprint density at radius 3 is 2.15 bits per heavy atom. The van der Waals surface area contributed by atoms with E-state index in [-0.39, 0.29) is 11.8 Å². The van der Waals surface area contributed by atoms with Gasteiger partial charge in [-0.2, -0.15) is 0 Å². The van der Waals surface area contributed by atoms with Crippen LogP contribution in [0.4, 0.5) is 11.4 Å². The second-order valence-electron chi connectivity index (χ2n) is 6.69. The summed E-state index contributed by atoms with van der Waals surface area (Å²) in [6.07, 6.45) is 2.69. The molecule has 0 aromatic heterocycles. The molecule has 0 spiro atoms. The van der Waals surface area contributed by atoms with Gasteiger partial charge < -0.3 is 15.7 Å². The predicted octanol–water partition coefficient (Wildman–Crippen LogP) is 3.77. The van der Waals surface area contributed by atoms with Gasteiger partial charge in [-0.1, -0.05) is 43.2 Å². The third-order valence-electron chi connectivity index (χ3n) is 4.88. The maximum atomic E-state index is 12.7. The quantitative estimate of drug-likeness (QED) is 0.751. The van der Waals surface area contributed by atoms with Crippen LogP contribution in [0.15, 0.2) is 54.6 Å². The highest BCUT2D eigenvalue weighted by atomic mass is 16.4. The molecule has 0 saturated heterocycles. The molecule has 1 aliphatic rings. The molecule has 1 aliphatic carbocycles. The van der Waals surface area contributed by atoms with Gasteiger partial charge in [0, 0.05) is 5.69 Å². The molecule has 0 heterocycles. The van der Waals surface area contributed by atoms with Gasteiger partial charge in [-0.15, -0.1) is 0 Å². The Hall–Kier alpha value is -3.15. The number of carboxylic acid groups (broad SMARTS) is 1. The largest absolute Gasteiger partial charge is 0.481 e. The van der Waals surface area contributed by atoms with Crippen LogP contribution in [0.1, 0.15) is 36.0 Å². The molecule has 1 saturated carbocycles. The standard InChI is InChI=1S/C21H22N2O4/c24-19(15-10-4-5-11-16(15)21(26)27)23-18-13-7-6-12-17(18)20(25)22-14-8-2-1-3-9-14/h1-3,6-9,12-13,15-16H,4-5,10-11H2,(H,22,25)(H,23,24)(H,26,27)/t15?,16-/m0/s1. The fourth-order valence-electron chi connectivity index (χ4n) is 3.48. The van der Waals surface area contributed by atoms with Crippen molar-refractivity contribution in [3.63, 3.8) is 0 Å². The highest BCUT2D eigenvalue weighted by Gasteiger charge is 2.36. The van der Waals surface area contributed by atoms with Crippen LogP contribution in [0.3, 0.4) is 0 Å². The lowest BCUT2D eigenvalue weighted by atomic mass is 9.78. The highest BCUT2D eigenvalue weighted by molar-refractivity contribution is 6.10. The number of amides is 2. The van der Waals surface area contributed by atoms with Gasteiger partial charge in [-0.05, 0) is 37.1 Å². The first kappa shape index (κ1) is 18.6. The Balaban J connectivity index is 1.76. The van der Waals surface area contributed by atoms with E-state index >= 15 is 0 Å². The molecule has 6 nitrogen and oxygen atoms in total. The van der Waals surface area contributed by atoms with Crippen LogP contribution in [0, 0.1) is 11.8 Å². The monoisotopic (exact) mass is 366 g/mol. The van der Waals surface area contributed by atoms with Gasteiger partial charge >= 0.3 is 5.97 Å². The average molecular weight is 366 g/mol. The second-order valence-corrected chi connectivity index (χ2v) is 6.69. The maximum Gasteiger partial charge on any atom is 0.307 e. The van der Waals surface area contributed by atoms with E-state index in [0.717, 1.165) is 12.8 Å². The third kappa shape index (κ3) is 4.53. The molecule has 140 valence electrons.